The number of benzene rings is 4. The Balaban J connectivity index is 1.72. The minimum absolute atomic E-state index is 0.202. The van der Waals surface area contributed by atoms with Crippen molar-refractivity contribution in [3.8, 4) is 23.0 Å². The monoisotopic (exact) mass is 452 g/mol. The first-order chi connectivity index (χ1) is 16.5. The van der Waals surface area contributed by atoms with E-state index in [1.165, 1.54) is 0 Å². The van der Waals surface area contributed by atoms with E-state index < -0.39 is 0 Å². The summed E-state index contributed by atoms with van der Waals surface area (Å²) < 4.78 is 6.09. The third-order valence-electron chi connectivity index (χ3n) is 6.60. The second-order valence-corrected chi connectivity index (χ2v) is 8.82. The molecule has 0 spiro atoms. The van der Waals surface area contributed by atoms with Crippen LogP contribution in [0.15, 0.2) is 72.8 Å². The highest BCUT2D eigenvalue weighted by atomic mass is 16.5. The van der Waals surface area contributed by atoms with Crippen molar-refractivity contribution in [2.45, 2.75) is 32.6 Å². The van der Waals surface area contributed by atoms with Crippen LogP contribution in [-0.4, -0.2) is 21.9 Å². The van der Waals surface area contributed by atoms with E-state index in [0.29, 0.717) is 32.3 Å². The molecule has 34 heavy (non-hydrogen) atoms. The molecule has 0 fully saturated rings. The van der Waals surface area contributed by atoms with Crippen LogP contribution in [0, 0.1) is 0 Å². The van der Waals surface area contributed by atoms with Crippen LogP contribution in [0.1, 0.15) is 51.4 Å². The summed E-state index contributed by atoms with van der Waals surface area (Å²) in [7, 11) is 0. The van der Waals surface area contributed by atoms with Crippen molar-refractivity contribution in [1.82, 2.24) is 0 Å². The zero-order valence-electron chi connectivity index (χ0n) is 19.2. The van der Waals surface area contributed by atoms with Gasteiger partial charge in [-0.25, -0.2) is 0 Å². The van der Waals surface area contributed by atoms with Crippen LogP contribution in [0.25, 0.3) is 0 Å². The van der Waals surface area contributed by atoms with Crippen LogP contribution in [0.2, 0.25) is 0 Å². The zero-order valence-corrected chi connectivity index (χ0v) is 19.2. The Bertz CT molecular complexity index is 1260. The van der Waals surface area contributed by atoms with Gasteiger partial charge in [0.05, 0.1) is 6.61 Å². The maximum atomic E-state index is 11.1. The van der Waals surface area contributed by atoms with Crippen LogP contribution in [-0.2, 0) is 25.7 Å². The van der Waals surface area contributed by atoms with Gasteiger partial charge in [-0.2, -0.15) is 0 Å². The second-order valence-electron chi connectivity index (χ2n) is 8.82. The van der Waals surface area contributed by atoms with E-state index in [1.807, 2.05) is 79.7 Å². The smallest absolute Gasteiger partial charge is 0.126 e. The number of aromatic hydroxyl groups is 3. The van der Waals surface area contributed by atoms with E-state index >= 15 is 0 Å². The van der Waals surface area contributed by atoms with Gasteiger partial charge in [0, 0.05) is 25.7 Å². The molecule has 0 unspecified atom stereocenters. The van der Waals surface area contributed by atoms with Gasteiger partial charge in [0.1, 0.15) is 23.0 Å². The molecule has 3 N–H and O–H groups in total. The molecule has 0 saturated heterocycles. The Morgan fingerprint density at radius 3 is 1.06 bits per heavy atom. The standard InChI is InChI=1S/C30H28O4/c1-2-34-30-25-13-6-14-26(30)18-24-12-5-10-22(29(24)33)16-20-8-3-7-19(27(20)31)15-21-9-4-11-23(17-25)28(21)32/h3-14,31-33H,2,15-18H2,1H3. The van der Waals surface area contributed by atoms with E-state index in [4.69, 9.17) is 4.74 Å². The lowest BCUT2D eigenvalue weighted by atomic mass is 9.91. The summed E-state index contributed by atoms with van der Waals surface area (Å²) in [5.41, 5.74) is 6.59. The fourth-order valence-electron chi connectivity index (χ4n) is 4.86. The van der Waals surface area contributed by atoms with E-state index in [9.17, 15) is 15.3 Å². The predicted octanol–water partition coefficient (Wildman–Crippen LogP) is 5.88. The van der Waals surface area contributed by atoms with Gasteiger partial charge in [0.2, 0.25) is 0 Å². The summed E-state index contributed by atoms with van der Waals surface area (Å²) in [4.78, 5) is 0. The van der Waals surface area contributed by atoms with Gasteiger partial charge in [-0.3, -0.25) is 0 Å². The zero-order chi connectivity index (χ0) is 23.7. The molecular weight excluding hydrogens is 424 g/mol. The molecule has 0 amide bonds. The minimum Gasteiger partial charge on any atom is -0.507 e. The first-order valence-corrected chi connectivity index (χ1v) is 11.7. The molecule has 1 aliphatic carbocycles. The lowest BCUT2D eigenvalue weighted by Crippen LogP contribution is -2.04. The molecule has 1 aliphatic rings. The van der Waals surface area contributed by atoms with Crippen molar-refractivity contribution in [3.63, 3.8) is 0 Å². The topological polar surface area (TPSA) is 69.9 Å². The van der Waals surface area contributed by atoms with Crippen molar-refractivity contribution >= 4 is 0 Å². The van der Waals surface area contributed by atoms with Gasteiger partial charge < -0.3 is 20.1 Å². The molecule has 4 aromatic carbocycles. The molecule has 5 rings (SSSR count). The van der Waals surface area contributed by atoms with Gasteiger partial charge >= 0.3 is 0 Å². The molecule has 0 radical (unpaired) electrons. The summed E-state index contributed by atoms with van der Waals surface area (Å²) in [5.74, 6) is 1.49. The highest BCUT2D eigenvalue weighted by molar-refractivity contribution is 5.54. The molecule has 0 atom stereocenters. The number of para-hydroxylation sites is 4. The summed E-state index contributed by atoms with van der Waals surface area (Å²) in [6.07, 6.45) is 1.84. The van der Waals surface area contributed by atoms with E-state index in [2.05, 4.69) is 0 Å². The van der Waals surface area contributed by atoms with E-state index in [-0.39, 0.29) is 17.2 Å². The summed E-state index contributed by atoms with van der Waals surface area (Å²) in [6.45, 7) is 2.49. The molecule has 0 aliphatic heterocycles. The maximum absolute atomic E-state index is 11.1. The van der Waals surface area contributed by atoms with Gasteiger partial charge in [-0.1, -0.05) is 72.8 Å². The summed E-state index contributed by atoms with van der Waals surface area (Å²) in [6, 6.07) is 23.2. The summed E-state index contributed by atoms with van der Waals surface area (Å²) in [5, 5.41) is 33.3. The normalized spacial score (nSPS) is 12.9. The van der Waals surface area contributed by atoms with Crippen molar-refractivity contribution in [2.24, 2.45) is 0 Å². The number of phenols is 3. The molecular formula is C30H28O4. The lowest BCUT2D eigenvalue weighted by Gasteiger charge is -2.18. The first kappa shape index (κ1) is 21.9. The Hall–Kier alpha value is -3.92. The van der Waals surface area contributed by atoms with Gasteiger partial charge in [-0.05, 0) is 51.4 Å². The Labute approximate surface area is 199 Å². The number of fused-ring (bicyclic) bond motifs is 8. The highest BCUT2D eigenvalue weighted by Gasteiger charge is 2.19. The van der Waals surface area contributed by atoms with Gasteiger partial charge in [-0.15, -0.1) is 0 Å². The Morgan fingerprint density at radius 1 is 0.500 bits per heavy atom. The van der Waals surface area contributed by atoms with Gasteiger partial charge in [0.25, 0.3) is 0 Å². The van der Waals surface area contributed by atoms with Crippen LogP contribution < -0.4 is 4.74 Å². The Kier molecular flexibility index (Phi) is 5.89. The third-order valence-corrected chi connectivity index (χ3v) is 6.60. The van der Waals surface area contributed by atoms with Crippen molar-refractivity contribution in [3.05, 3.63) is 117 Å². The average molecular weight is 453 g/mol. The van der Waals surface area contributed by atoms with E-state index in [0.717, 1.165) is 50.3 Å². The van der Waals surface area contributed by atoms with Gasteiger partial charge in [0.15, 0.2) is 0 Å². The van der Waals surface area contributed by atoms with Crippen LogP contribution in [0.5, 0.6) is 23.0 Å². The molecule has 4 heteroatoms. The second kappa shape index (κ2) is 9.14. The van der Waals surface area contributed by atoms with Crippen LogP contribution in [0.4, 0.5) is 0 Å². The number of hydrogen-bond acceptors (Lipinski definition) is 4. The van der Waals surface area contributed by atoms with E-state index in [1.54, 1.807) is 0 Å². The van der Waals surface area contributed by atoms with Crippen LogP contribution in [0.3, 0.4) is 0 Å². The molecule has 0 heterocycles. The number of ether oxygens (including phenoxy) is 1. The summed E-state index contributed by atoms with van der Waals surface area (Å²) >= 11 is 0. The third kappa shape index (κ3) is 4.08. The molecule has 4 nitrogen and oxygen atoms in total. The SMILES string of the molecule is CCOc1c2cccc1Cc1cccc(c1O)Cc1cccc(c1O)Cc1cccc(c1O)C2. The fraction of sp³-hybridized carbons (Fsp3) is 0.200. The fourth-order valence-corrected chi connectivity index (χ4v) is 4.86. The molecule has 4 aromatic rings. The molecule has 172 valence electrons. The van der Waals surface area contributed by atoms with Crippen molar-refractivity contribution < 1.29 is 20.1 Å². The quantitative estimate of drug-likeness (QED) is 0.313. The first-order valence-electron chi connectivity index (χ1n) is 11.7. The largest absolute Gasteiger partial charge is 0.507 e. The predicted molar refractivity (Wildman–Crippen MR) is 133 cm³/mol. The number of phenolic OH excluding ortho intramolecular Hbond substituents is 3. The lowest BCUT2D eigenvalue weighted by molar-refractivity contribution is 0.333. The highest BCUT2D eigenvalue weighted by Crippen LogP contribution is 2.37. The number of rotatable bonds is 2. The minimum atomic E-state index is 0.202. The number of hydrogen-bond donors (Lipinski definition) is 3. The Morgan fingerprint density at radius 2 is 0.765 bits per heavy atom. The molecule has 8 bridgehead atoms. The van der Waals surface area contributed by atoms with Crippen molar-refractivity contribution in [2.75, 3.05) is 6.61 Å². The molecule has 0 saturated carbocycles. The maximum Gasteiger partial charge on any atom is 0.126 e. The van der Waals surface area contributed by atoms with Crippen LogP contribution >= 0.6 is 0 Å². The molecule has 0 aromatic heterocycles. The van der Waals surface area contributed by atoms with Crippen molar-refractivity contribution in [1.29, 1.82) is 0 Å². The average Bonchev–Trinajstić information content (AvgIpc) is 2.83.